The molecule has 0 fully saturated rings. The molecule has 40 heavy (non-hydrogen) atoms. The highest BCUT2D eigenvalue weighted by Crippen LogP contribution is 2.33. The summed E-state index contributed by atoms with van der Waals surface area (Å²) in [5.74, 6) is 0.0373. The third kappa shape index (κ3) is 7.07. The van der Waals surface area contributed by atoms with Crippen LogP contribution in [0.15, 0.2) is 77.3 Å². The maximum Gasteiger partial charge on any atom is 0.416 e. The Labute approximate surface area is 228 Å². The van der Waals surface area contributed by atoms with E-state index in [1.165, 1.54) is 18.2 Å². The first-order valence-electron chi connectivity index (χ1n) is 12.6. The molecule has 4 aromatic rings. The van der Waals surface area contributed by atoms with E-state index in [1.54, 1.807) is 13.8 Å². The van der Waals surface area contributed by atoms with Crippen LogP contribution in [0.1, 0.15) is 29.3 Å². The highest BCUT2D eigenvalue weighted by Gasteiger charge is 2.32. The summed E-state index contributed by atoms with van der Waals surface area (Å²) in [7, 11) is 0. The van der Waals surface area contributed by atoms with Crippen LogP contribution >= 0.6 is 0 Å². The molecule has 0 spiro atoms. The standard InChI is InChI=1S/C30H27F3N2O5/c1-3-38-26(36)18-20-8-10-21(11-9-20)22-12-14-24(15-13-22)28-27(19(2)35-40-28)34-29(37)39-17-16-23-6-4-5-7-25(23)30(31,32)33/h4-15H,3,16-18H2,1-2H3,(H,34,37). The van der Waals surface area contributed by atoms with E-state index in [0.717, 1.165) is 22.8 Å². The summed E-state index contributed by atoms with van der Waals surface area (Å²) in [6.07, 6.45) is -5.21. The minimum Gasteiger partial charge on any atom is -0.466 e. The number of halogens is 3. The minimum absolute atomic E-state index is 0.0402. The molecule has 0 bridgehead atoms. The van der Waals surface area contributed by atoms with Crippen LogP contribution < -0.4 is 5.32 Å². The number of esters is 1. The van der Waals surface area contributed by atoms with Crippen LogP contribution in [-0.4, -0.2) is 30.4 Å². The Morgan fingerprint density at radius 1 is 0.900 bits per heavy atom. The normalized spacial score (nSPS) is 11.2. The van der Waals surface area contributed by atoms with Crippen molar-refractivity contribution in [2.24, 2.45) is 0 Å². The van der Waals surface area contributed by atoms with Gasteiger partial charge in [-0.15, -0.1) is 0 Å². The molecular formula is C30H27F3N2O5. The maximum absolute atomic E-state index is 13.2. The molecule has 0 atom stereocenters. The molecule has 0 radical (unpaired) electrons. The molecule has 4 rings (SSSR count). The lowest BCUT2D eigenvalue weighted by Gasteiger charge is -2.13. The lowest BCUT2D eigenvalue weighted by Crippen LogP contribution is -2.17. The van der Waals surface area contributed by atoms with E-state index >= 15 is 0 Å². The average molecular weight is 553 g/mol. The maximum atomic E-state index is 13.2. The third-order valence-corrected chi connectivity index (χ3v) is 6.11. The third-order valence-electron chi connectivity index (χ3n) is 6.11. The van der Waals surface area contributed by atoms with Crippen molar-refractivity contribution in [1.82, 2.24) is 5.16 Å². The minimum atomic E-state index is -4.49. The number of aryl methyl sites for hydroxylation is 1. The molecule has 1 aromatic heterocycles. The van der Waals surface area contributed by atoms with Crippen LogP contribution in [-0.2, 0) is 33.3 Å². The van der Waals surface area contributed by atoms with E-state index in [9.17, 15) is 22.8 Å². The highest BCUT2D eigenvalue weighted by atomic mass is 19.4. The molecule has 0 saturated heterocycles. The SMILES string of the molecule is CCOC(=O)Cc1ccc(-c2ccc(-c3onc(C)c3NC(=O)OCCc3ccccc3C(F)(F)F)cc2)cc1. The van der Waals surface area contributed by atoms with Gasteiger partial charge in [-0.25, -0.2) is 4.79 Å². The van der Waals surface area contributed by atoms with Gasteiger partial charge in [-0.05, 0) is 42.2 Å². The molecule has 0 aliphatic carbocycles. The van der Waals surface area contributed by atoms with Crippen LogP contribution in [0.5, 0.6) is 0 Å². The van der Waals surface area contributed by atoms with Crippen LogP contribution in [0.4, 0.5) is 23.7 Å². The number of benzene rings is 3. The monoisotopic (exact) mass is 552 g/mol. The first-order chi connectivity index (χ1) is 19.2. The average Bonchev–Trinajstić information content (AvgIpc) is 3.28. The van der Waals surface area contributed by atoms with Crippen LogP contribution in [0, 0.1) is 6.92 Å². The number of alkyl halides is 3. The zero-order valence-corrected chi connectivity index (χ0v) is 21.9. The fraction of sp³-hybridized carbons (Fsp3) is 0.233. The Hall–Kier alpha value is -4.60. The van der Waals surface area contributed by atoms with E-state index in [4.69, 9.17) is 14.0 Å². The van der Waals surface area contributed by atoms with Crippen molar-refractivity contribution in [3.05, 3.63) is 95.2 Å². The van der Waals surface area contributed by atoms with E-state index in [-0.39, 0.29) is 31.0 Å². The first kappa shape index (κ1) is 28.4. The lowest BCUT2D eigenvalue weighted by molar-refractivity contribution is -0.142. The van der Waals surface area contributed by atoms with Gasteiger partial charge in [0, 0.05) is 12.0 Å². The number of hydrogen-bond donors (Lipinski definition) is 1. The second-order valence-electron chi connectivity index (χ2n) is 8.89. The van der Waals surface area contributed by atoms with Crippen LogP contribution in [0.25, 0.3) is 22.5 Å². The molecule has 0 aliphatic rings. The fourth-order valence-corrected chi connectivity index (χ4v) is 4.13. The smallest absolute Gasteiger partial charge is 0.416 e. The van der Waals surface area contributed by atoms with E-state index in [2.05, 4.69) is 10.5 Å². The molecule has 7 nitrogen and oxygen atoms in total. The quantitative estimate of drug-likeness (QED) is 0.220. The summed E-state index contributed by atoms with van der Waals surface area (Å²) < 4.78 is 55.1. The number of hydrogen-bond acceptors (Lipinski definition) is 6. The number of nitrogens with zero attached hydrogens (tertiary/aromatic N) is 1. The molecule has 0 aliphatic heterocycles. The second-order valence-corrected chi connectivity index (χ2v) is 8.89. The molecule has 208 valence electrons. The van der Waals surface area contributed by atoms with Crippen LogP contribution in [0.3, 0.4) is 0 Å². The number of carbonyl (C=O) groups excluding carboxylic acids is 2. The van der Waals surface area contributed by atoms with E-state index in [0.29, 0.717) is 29.3 Å². The van der Waals surface area contributed by atoms with Crippen molar-refractivity contribution in [2.45, 2.75) is 32.9 Å². The largest absolute Gasteiger partial charge is 0.466 e. The molecule has 1 N–H and O–H groups in total. The van der Waals surface area contributed by atoms with Crippen molar-refractivity contribution in [3.63, 3.8) is 0 Å². The lowest BCUT2D eigenvalue weighted by atomic mass is 10.0. The molecule has 0 saturated carbocycles. The molecule has 3 aromatic carbocycles. The molecule has 1 heterocycles. The van der Waals surface area contributed by atoms with Gasteiger partial charge in [-0.1, -0.05) is 71.9 Å². The van der Waals surface area contributed by atoms with Crippen molar-refractivity contribution in [1.29, 1.82) is 0 Å². The zero-order chi connectivity index (χ0) is 28.7. The summed E-state index contributed by atoms with van der Waals surface area (Å²) >= 11 is 0. The van der Waals surface area contributed by atoms with Crippen molar-refractivity contribution < 1.29 is 36.8 Å². The van der Waals surface area contributed by atoms with Gasteiger partial charge in [0.05, 0.1) is 25.2 Å². The number of rotatable bonds is 9. The Bertz CT molecular complexity index is 1460. The predicted molar refractivity (Wildman–Crippen MR) is 143 cm³/mol. The highest BCUT2D eigenvalue weighted by molar-refractivity contribution is 5.91. The Morgan fingerprint density at radius 3 is 2.17 bits per heavy atom. The molecule has 10 heteroatoms. The summed E-state index contributed by atoms with van der Waals surface area (Å²) in [4.78, 5) is 24.1. The van der Waals surface area contributed by atoms with Gasteiger partial charge in [0.25, 0.3) is 0 Å². The summed E-state index contributed by atoms with van der Waals surface area (Å²) in [5, 5.41) is 6.52. The topological polar surface area (TPSA) is 90.7 Å². The first-order valence-corrected chi connectivity index (χ1v) is 12.6. The van der Waals surface area contributed by atoms with E-state index < -0.39 is 17.8 Å². The second kappa shape index (κ2) is 12.5. The van der Waals surface area contributed by atoms with Gasteiger partial charge in [0.2, 0.25) is 0 Å². The molecule has 0 unspecified atom stereocenters. The zero-order valence-electron chi connectivity index (χ0n) is 21.9. The summed E-state index contributed by atoms with van der Waals surface area (Å²) in [6, 6.07) is 20.1. The Morgan fingerprint density at radius 2 is 1.52 bits per heavy atom. The number of nitrogens with one attached hydrogen (secondary N) is 1. The number of carbonyl (C=O) groups is 2. The van der Waals surface area contributed by atoms with Crippen molar-refractivity contribution in [2.75, 3.05) is 18.5 Å². The Balaban J connectivity index is 1.39. The van der Waals surface area contributed by atoms with Gasteiger partial charge in [0.1, 0.15) is 11.4 Å². The van der Waals surface area contributed by atoms with Crippen molar-refractivity contribution in [3.8, 4) is 22.5 Å². The number of amides is 1. The fourth-order valence-electron chi connectivity index (χ4n) is 4.13. The van der Waals surface area contributed by atoms with Gasteiger partial charge in [0.15, 0.2) is 5.76 Å². The van der Waals surface area contributed by atoms with Gasteiger partial charge < -0.3 is 14.0 Å². The van der Waals surface area contributed by atoms with Gasteiger partial charge in [-0.2, -0.15) is 13.2 Å². The van der Waals surface area contributed by atoms with Crippen LogP contribution in [0.2, 0.25) is 0 Å². The predicted octanol–water partition coefficient (Wildman–Crippen LogP) is 7.23. The molecular weight excluding hydrogens is 525 g/mol. The van der Waals surface area contributed by atoms with E-state index in [1.807, 2.05) is 48.5 Å². The number of anilines is 1. The summed E-state index contributed by atoms with van der Waals surface area (Å²) in [6.45, 7) is 3.51. The van der Waals surface area contributed by atoms with Gasteiger partial charge >= 0.3 is 18.2 Å². The van der Waals surface area contributed by atoms with Crippen molar-refractivity contribution >= 4 is 17.7 Å². The summed E-state index contributed by atoms with van der Waals surface area (Å²) in [5.41, 5.74) is 3.37. The Kier molecular flexibility index (Phi) is 8.88. The number of ether oxygens (including phenoxy) is 2. The number of aromatic nitrogens is 1. The molecule has 1 amide bonds. The van der Waals surface area contributed by atoms with Gasteiger partial charge in [-0.3, -0.25) is 10.1 Å².